The Labute approximate surface area is 401 Å². The number of esters is 5. The Bertz CT molecular complexity index is 2290. The maximum Gasteiger partial charge on any atom is 0.311 e. The molecule has 0 aliphatic carbocycles. The third-order valence-electron chi connectivity index (χ3n) is 10.3. The van der Waals surface area contributed by atoms with E-state index in [1.54, 1.807) is 31.5 Å². The number of ether oxygens (including phenoxy) is 8. The Balaban J connectivity index is 1.95. The fraction of sp³-hybridized carbons (Fsp3) is 0.647. The fourth-order valence-corrected chi connectivity index (χ4v) is 6.27. The van der Waals surface area contributed by atoms with Crippen LogP contribution in [0.2, 0.25) is 0 Å². The molecule has 1 saturated heterocycles. The topological polar surface area (TPSA) is 197 Å². The van der Waals surface area contributed by atoms with Gasteiger partial charge in [0.25, 0.3) is 0 Å². The molecule has 0 spiro atoms. The van der Waals surface area contributed by atoms with Gasteiger partial charge in [0.1, 0.15) is 25.1 Å². The van der Waals surface area contributed by atoms with E-state index in [1.807, 2.05) is 36.4 Å². The van der Waals surface area contributed by atoms with Gasteiger partial charge in [0.15, 0.2) is 12.2 Å². The van der Waals surface area contributed by atoms with Crippen LogP contribution < -0.4 is 9.47 Å². The van der Waals surface area contributed by atoms with E-state index >= 15 is 0 Å². The van der Waals surface area contributed by atoms with E-state index in [1.165, 1.54) is 55.4 Å². The Hall–Kier alpha value is -5.22. The number of nitrogens with zero attached hydrogens (tertiary/aromatic N) is 2. The number of aromatic nitrogens is 2. The van der Waals surface area contributed by atoms with E-state index in [4.69, 9.17) is 53.6 Å². The summed E-state index contributed by atoms with van der Waals surface area (Å²) >= 11 is 0. The number of carbonyl (C=O) groups excluding carboxylic acids is 5. The van der Waals surface area contributed by atoms with Gasteiger partial charge in [0.2, 0.25) is 18.3 Å². The van der Waals surface area contributed by atoms with Crippen molar-refractivity contribution in [3.05, 3.63) is 53.6 Å². The van der Waals surface area contributed by atoms with Crippen molar-refractivity contribution in [1.82, 2.24) is 9.78 Å². The number of carbonyl (C=O) groups is 5. The number of aliphatic hydroxyl groups is 1. The molecular formula is C51H74N2O14. The van der Waals surface area contributed by atoms with Crippen LogP contribution in [0, 0.1) is 27.1 Å². The maximum atomic E-state index is 14.1. The van der Waals surface area contributed by atoms with Gasteiger partial charge >= 0.3 is 29.8 Å². The first-order chi connectivity index (χ1) is 33.2. The predicted molar refractivity (Wildman–Crippen MR) is 249 cm³/mol. The van der Waals surface area contributed by atoms with Crippen molar-refractivity contribution in [3.63, 3.8) is 0 Å². The van der Waals surface area contributed by atoms with Crippen molar-refractivity contribution in [2.75, 3.05) is 26.4 Å². The molecule has 372 valence electrons. The van der Waals surface area contributed by atoms with Gasteiger partial charge in [-0.05, 0) is 146 Å². The molecule has 1 aliphatic rings. The van der Waals surface area contributed by atoms with Crippen molar-refractivity contribution in [2.45, 2.75) is 160 Å². The lowest BCUT2D eigenvalue weighted by atomic mass is 9.93. The summed E-state index contributed by atoms with van der Waals surface area (Å²) in [6, 6.07) is 13.1. The molecule has 1 aromatic heterocycles. The van der Waals surface area contributed by atoms with Gasteiger partial charge in [-0.15, -0.1) is 5.10 Å². The zero-order valence-electron chi connectivity index (χ0n) is 45.1. The third kappa shape index (κ3) is 15.1. The van der Waals surface area contributed by atoms with Crippen LogP contribution in [0.15, 0.2) is 42.5 Å². The number of aliphatic hydroxyl groups excluding tert-OH is 1. The van der Waals surface area contributed by atoms with E-state index < -0.39 is 115 Å². The molecule has 1 fully saturated rings. The number of fused-ring (bicyclic) bond motifs is 1. The minimum Gasteiger partial charge on any atom is -0.494 e. The highest BCUT2D eigenvalue weighted by molar-refractivity contribution is 5.88. The van der Waals surface area contributed by atoms with E-state index in [9.17, 15) is 24.0 Å². The standard InChI is InChI=1S/C51H74N2O14/c1-47(2,3)42(55)61-29-26-53-34-19-16-18-32(23-20-31-21-24-33(25-22-31)60-28-17-27-54)36(34)40(52-53)67-41-39(66-46(59)51(13,14)15)38(65-45(58)50(10,11)12)37(64-44(57)49(7,8)9)35(63-41)30-62-43(56)48(4,5)6/h16,18-19,21-22,24-25,35,37-39,41,54H,17,20,23,26-30H2,1-15H3/t35-,37-,38+,39-,41?/m1/s1/i4D,7D,10D,13D. The van der Waals surface area contributed by atoms with Crippen LogP contribution in [0.5, 0.6) is 11.6 Å². The van der Waals surface area contributed by atoms with E-state index in [2.05, 4.69) is 0 Å². The van der Waals surface area contributed by atoms with Crippen LogP contribution in [0.25, 0.3) is 10.9 Å². The normalized spacial score (nSPS) is 20.1. The minimum absolute atomic E-state index is 0.0134. The van der Waals surface area contributed by atoms with Crippen LogP contribution in [0.4, 0.5) is 0 Å². The van der Waals surface area contributed by atoms with Crippen LogP contribution in [-0.4, -0.2) is 102 Å². The summed E-state index contributed by atoms with van der Waals surface area (Å²) in [5.41, 5.74) is -4.09. The van der Waals surface area contributed by atoms with Crippen molar-refractivity contribution in [3.8, 4) is 11.6 Å². The summed E-state index contributed by atoms with van der Waals surface area (Å²) in [4.78, 5) is 68.4. The first-order valence-corrected chi connectivity index (χ1v) is 22.4. The maximum absolute atomic E-state index is 14.1. The third-order valence-corrected chi connectivity index (χ3v) is 10.3. The van der Waals surface area contributed by atoms with Gasteiger partial charge in [-0.1, -0.05) is 24.3 Å². The number of hydrogen-bond donors (Lipinski definition) is 1. The molecule has 67 heavy (non-hydrogen) atoms. The van der Waals surface area contributed by atoms with Gasteiger partial charge in [0, 0.05) is 18.5 Å². The second-order valence-electron chi connectivity index (χ2n) is 20.7. The highest BCUT2D eigenvalue weighted by Crippen LogP contribution is 2.38. The van der Waals surface area contributed by atoms with Crippen molar-refractivity contribution >= 4 is 40.7 Å². The number of benzene rings is 2. The molecule has 16 heteroatoms. The Morgan fingerprint density at radius 3 is 1.79 bits per heavy atom. The van der Waals surface area contributed by atoms with Gasteiger partial charge in [-0.3, -0.25) is 28.7 Å². The molecule has 0 bridgehead atoms. The van der Waals surface area contributed by atoms with Crippen LogP contribution in [0.1, 0.15) is 127 Å². The quantitative estimate of drug-likeness (QED) is 0.0783. The molecule has 0 radical (unpaired) electrons. The second-order valence-corrected chi connectivity index (χ2v) is 20.7. The lowest BCUT2D eigenvalue weighted by Gasteiger charge is -2.45. The van der Waals surface area contributed by atoms with Gasteiger partial charge < -0.3 is 43.0 Å². The Morgan fingerprint density at radius 2 is 1.22 bits per heavy atom. The molecule has 2 aromatic carbocycles. The molecule has 1 unspecified atom stereocenters. The minimum atomic E-state index is -1.79. The van der Waals surface area contributed by atoms with Gasteiger partial charge in [-0.25, -0.2) is 0 Å². The molecule has 0 amide bonds. The monoisotopic (exact) mass is 943 g/mol. The highest BCUT2D eigenvalue weighted by Gasteiger charge is 2.56. The zero-order valence-corrected chi connectivity index (χ0v) is 41.1. The fourth-order valence-electron chi connectivity index (χ4n) is 6.27. The largest absolute Gasteiger partial charge is 0.494 e. The zero-order chi connectivity index (χ0) is 53.1. The molecule has 4 rings (SSSR count). The van der Waals surface area contributed by atoms with E-state index in [0.29, 0.717) is 42.5 Å². The first kappa shape index (κ1) is 48.2. The molecular weight excluding hydrogens is 865 g/mol. The molecule has 16 nitrogen and oxygen atoms in total. The summed E-state index contributed by atoms with van der Waals surface area (Å²) in [5.74, 6) is -3.44. The van der Waals surface area contributed by atoms with Crippen molar-refractivity contribution < 1.29 is 72.5 Å². The van der Waals surface area contributed by atoms with E-state index in [-0.39, 0.29) is 32.5 Å². The molecule has 3 aromatic rings. The lowest BCUT2D eigenvalue weighted by molar-refractivity contribution is -0.294. The van der Waals surface area contributed by atoms with Gasteiger partial charge in [0.05, 0.1) is 51.1 Å². The van der Waals surface area contributed by atoms with E-state index in [0.717, 1.165) is 11.1 Å². The summed E-state index contributed by atoms with van der Waals surface area (Å²) in [7, 11) is 0. The number of rotatable bonds is 17. The molecule has 1 N–H and O–H groups in total. The average molecular weight is 943 g/mol. The van der Waals surface area contributed by atoms with Crippen LogP contribution in [0.3, 0.4) is 0 Å². The summed E-state index contributed by atoms with van der Waals surface area (Å²) in [5, 5.41) is 14.5. The SMILES string of the molecule is [2H]CC(C)(C)C(=O)OC[C@H]1OC(Oc2nn(CCOC(=O)C(C)(C)C)c3cccc(CCc4ccc(OCCCO)cc4)c23)[C@H](OC(=O)C(C)(C)C[2H])[C@@H](OC(=O)C(C)(C)C[2H])[C@@H]1OC(=O)C(C)(C)C[2H]. The van der Waals surface area contributed by atoms with Crippen molar-refractivity contribution in [1.29, 1.82) is 0 Å². The Kier molecular flexibility index (Phi) is 15.7. The molecule has 1 aliphatic heterocycles. The smallest absolute Gasteiger partial charge is 0.311 e. The van der Waals surface area contributed by atoms with Gasteiger partial charge in [-0.2, -0.15) is 0 Å². The van der Waals surface area contributed by atoms with Crippen LogP contribution >= 0.6 is 0 Å². The van der Waals surface area contributed by atoms with Crippen LogP contribution in [-0.2, 0) is 71.8 Å². The summed E-state index contributed by atoms with van der Waals surface area (Å²) in [6.07, 6.45) is -7.08. The Morgan fingerprint density at radius 1 is 0.672 bits per heavy atom. The molecule has 5 atom stereocenters. The first-order valence-electron chi connectivity index (χ1n) is 25.3. The lowest BCUT2D eigenvalue weighted by Crippen LogP contribution is -2.65. The summed E-state index contributed by atoms with van der Waals surface area (Å²) < 4.78 is 82.8. The number of aryl methyl sites for hydroxylation is 2. The predicted octanol–water partition coefficient (Wildman–Crippen LogP) is 7.74. The van der Waals surface area contributed by atoms with Crippen molar-refractivity contribution in [2.24, 2.45) is 27.1 Å². The second kappa shape index (κ2) is 21.8. The highest BCUT2D eigenvalue weighted by atomic mass is 16.7. The number of hydrogen-bond acceptors (Lipinski definition) is 15. The summed E-state index contributed by atoms with van der Waals surface area (Å²) in [6.45, 7) is 15.1. The molecule has 0 saturated carbocycles. The molecule has 2 heterocycles. The average Bonchev–Trinajstić information content (AvgIpc) is 3.68.